The van der Waals surface area contributed by atoms with Crippen LogP contribution in [0.4, 0.5) is 0 Å². The van der Waals surface area contributed by atoms with Crippen molar-refractivity contribution in [2.45, 2.75) is 121 Å². The van der Waals surface area contributed by atoms with E-state index in [1.165, 1.54) is 25.3 Å². The van der Waals surface area contributed by atoms with Crippen LogP contribution in [0.2, 0.25) is 0 Å². The van der Waals surface area contributed by atoms with Gasteiger partial charge in [-0.2, -0.15) is 0 Å². The number of aliphatic carboxylic acids is 1. The highest BCUT2D eigenvalue weighted by Crippen LogP contribution is 2.52. The Bertz CT molecular complexity index is 2020. The molecule has 61 heavy (non-hydrogen) atoms. The monoisotopic (exact) mass is 845 g/mol. The second-order valence-electron chi connectivity index (χ2n) is 15.2. The number of fused-ring (bicyclic) bond motifs is 3. The number of ether oxygens (including phenoxy) is 3. The minimum absolute atomic E-state index is 0.0173. The zero-order valence-corrected chi connectivity index (χ0v) is 35.0. The lowest BCUT2D eigenvalue weighted by Gasteiger charge is -2.42. The third-order valence-corrected chi connectivity index (χ3v) is 10.7. The zero-order valence-electron chi connectivity index (χ0n) is 35.0. The van der Waals surface area contributed by atoms with Gasteiger partial charge in [0.05, 0.1) is 42.1 Å². The van der Waals surface area contributed by atoms with Crippen molar-refractivity contribution in [3.63, 3.8) is 0 Å². The second kappa shape index (κ2) is 23.1. The third-order valence-electron chi connectivity index (χ3n) is 10.7. The Morgan fingerprint density at radius 3 is 2.05 bits per heavy atom. The molecule has 2 aromatic carbocycles. The number of nitrogens with two attached hydrogens (primary N) is 1. The predicted octanol–water partition coefficient (Wildman–Crippen LogP) is 5.99. The summed E-state index contributed by atoms with van der Waals surface area (Å²) in [6.45, 7) is 2.70. The number of ketones is 3. The number of carbonyl (C=O) groups is 4. The molecule has 0 radical (unpaired) electrons. The number of benzene rings is 2. The number of allylic oxidation sites excluding steroid dienone is 10. The van der Waals surface area contributed by atoms with Crippen LogP contribution in [0.5, 0.6) is 17.2 Å². The normalized spacial score (nSPS) is 23.7. The van der Waals surface area contributed by atoms with Crippen LogP contribution in [-0.2, 0) is 25.5 Å². The summed E-state index contributed by atoms with van der Waals surface area (Å²) in [5, 5.41) is 62.2. The Morgan fingerprint density at radius 1 is 0.902 bits per heavy atom. The number of aliphatic hydroxyl groups excluding tert-OH is 2. The van der Waals surface area contributed by atoms with E-state index in [4.69, 9.17) is 25.1 Å². The number of carboxylic acids is 1. The van der Waals surface area contributed by atoms with Crippen molar-refractivity contribution in [2.24, 2.45) is 5.73 Å². The molecule has 1 aliphatic heterocycles. The van der Waals surface area contributed by atoms with E-state index in [9.17, 15) is 44.7 Å². The molecular formula is C47H59NO13. The lowest BCUT2D eigenvalue weighted by atomic mass is 9.72. The van der Waals surface area contributed by atoms with Gasteiger partial charge in [0.1, 0.15) is 29.5 Å². The van der Waals surface area contributed by atoms with Gasteiger partial charge in [0.15, 0.2) is 17.9 Å². The minimum Gasteiger partial charge on any atom is -0.507 e. The number of aromatic hydroxyl groups is 2. The number of aliphatic hydroxyl groups is 3. The number of methoxy groups -OCH3 is 1. The van der Waals surface area contributed by atoms with E-state index >= 15 is 0 Å². The van der Waals surface area contributed by atoms with Crippen molar-refractivity contribution in [3.8, 4) is 17.2 Å². The molecular weight excluding hydrogens is 787 g/mol. The van der Waals surface area contributed by atoms with Crippen molar-refractivity contribution in [1.82, 2.24) is 0 Å². The van der Waals surface area contributed by atoms with Gasteiger partial charge in [-0.1, -0.05) is 79.8 Å². The number of hydrogen-bond donors (Lipinski definition) is 7. The van der Waals surface area contributed by atoms with Crippen LogP contribution < -0.4 is 10.5 Å². The van der Waals surface area contributed by atoms with Gasteiger partial charge in [-0.3, -0.25) is 19.2 Å². The quantitative estimate of drug-likeness (QED) is 0.0442. The number of phenolic OH excluding ortho intramolecular Hbond substituents is 2. The van der Waals surface area contributed by atoms with E-state index in [0.717, 1.165) is 44.9 Å². The number of rotatable bonds is 18. The van der Waals surface area contributed by atoms with Gasteiger partial charge in [0.25, 0.3) is 0 Å². The molecule has 0 spiro atoms. The molecule has 0 saturated carbocycles. The molecule has 14 heteroatoms. The summed E-state index contributed by atoms with van der Waals surface area (Å²) in [7, 11) is 1.32. The molecule has 1 heterocycles. The fourth-order valence-electron chi connectivity index (χ4n) is 7.49. The summed E-state index contributed by atoms with van der Waals surface area (Å²) < 4.78 is 17.0. The fourth-order valence-corrected chi connectivity index (χ4v) is 7.49. The van der Waals surface area contributed by atoms with Crippen molar-refractivity contribution in [3.05, 3.63) is 112 Å². The number of carbonyl (C=O) groups excluding carboxylic acids is 3. The molecule has 5 rings (SSSR count). The summed E-state index contributed by atoms with van der Waals surface area (Å²) >= 11 is 0. The highest BCUT2D eigenvalue weighted by Gasteiger charge is 2.50. The van der Waals surface area contributed by atoms with Crippen molar-refractivity contribution in [2.75, 3.05) is 13.7 Å². The molecule has 14 nitrogen and oxygen atoms in total. The van der Waals surface area contributed by atoms with Gasteiger partial charge in [-0.15, -0.1) is 0 Å². The van der Waals surface area contributed by atoms with Crippen molar-refractivity contribution in [1.29, 1.82) is 0 Å². The van der Waals surface area contributed by atoms with Crippen LogP contribution in [0.1, 0.15) is 127 Å². The number of phenols is 2. The molecule has 0 amide bonds. The summed E-state index contributed by atoms with van der Waals surface area (Å²) in [6.07, 6.45) is 23.3. The third kappa shape index (κ3) is 12.2. The Kier molecular flexibility index (Phi) is 18.4. The average Bonchev–Trinajstić information content (AvgIpc) is 3.23. The smallest absolute Gasteiger partial charge is 0.303 e. The van der Waals surface area contributed by atoms with Crippen LogP contribution in [0.3, 0.4) is 0 Å². The molecule has 8 N–H and O–H groups in total. The number of hydrogen-bond acceptors (Lipinski definition) is 13. The highest BCUT2D eigenvalue weighted by molar-refractivity contribution is 6.31. The van der Waals surface area contributed by atoms with Gasteiger partial charge in [-0.05, 0) is 57.9 Å². The SMILES string of the molecule is CC/C=C\C/C=C\C/C=C\C/C=C\C/C=C\CCCC(=O)O.COc1cccc2c1C(=O)c1c(O)c3c(c(O)c1C2=O)C[C@@](O)(C(=O)CO)C[C@@H]3O[C@H]1C[C@H](N)[C@H](O)[C@H](C)O1. The molecule has 0 bridgehead atoms. The van der Waals surface area contributed by atoms with E-state index < -0.39 is 102 Å². The van der Waals surface area contributed by atoms with Gasteiger partial charge in [0, 0.05) is 48.4 Å². The van der Waals surface area contributed by atoms with Crippen LogP contribution >= 0.6 is 0 Å². The van der Waals surface area contributed by atoms with Gasteiger partial charge in [0.2, 0.25) is 5.78 Å². The largest absolute Gasteiger partial charge is 0.507 e. The van der Waals surface area contributed by atoms with Crippen LogP contribution in [0, 0.1) is 0 Å². The first-order chi connectivity index (χ1) is 29.2. The molecule has 6 atom stereocenters. The molecule has 0 unspecified atom stereocenters. The minimum atomic E-state index is -2.24. The van der Waals surface area contributed by atoms with Crippen molar-refractivity contribution < 1.29 is 64.0 Å². The summed E-state index contributed by atoms with van der Waals surface area (Å²) in [4.78, 5) is 50.0. The Morgan fingerprint density at radius 2 is 1.49 bits per heavy atom. The Hall–Kier alpha value is -5.22. The maximum Gasteiger partial charge on any atom is 0.303 e. The fraction of sp³-hybridized carbons (Fsp3) is 0.447. The molecule has 330 valence electrons. The van der Waals surface area contributed by atoms with Crippen molar-refractivity contribution >= 4 is 23.3 Å². The van der Waals surface area contributed by atoms with E-state index in [1.54, 1.807) is 6.92 Å². The van der Waals surface area contributed by atoms with Crippen LogP contribution in [0.15, 0.2) is 79.0 Å². The van der Waals surface area contributed by atoms with E-state index in [-0.39, 0.29) is 40.8 Å². The van der Waals surface area contributed by atoms with Crippen LogP contribution in [0.25, 0.3) is 0 Å². The maximum absolute atomic E-state index is 13.6. The molecule has 1 fully saturated rings. The number of Topliss-reactive ketones (excluding diaryl/α,β-unsaturated/α-hetero) is 1. The molecule has 2 aliphatic carbocycles. The molecule has 2 aromatic rings. The molecule has 0 aromatic heterocycles. The zero-order chi connectivity index (χ0) is 44.7. The first kappa shape index (κ1) is 48.4. The Labute approximate surface area is 356 Å². The first-order valence-corrected chi connectivity index (χ1v) is 20.6. The summed E-state index contributed by atoms with van der Waals surface area (Å²) in [6, 6.07) is 3.64. The van der Waals surface area contributed by atoms with E-state index in [0.29, 0.717) is 0 Å². The van der Waals surface area contributed by atoms with Gasteiger partial charge >= 0.3 is 5.97 Å². The van der Waals surface area contributed by atoms with Gasteiger partial charge in [-0.25, -0.2) is 0 Å². The number of carboxylic acid groups (broad SMARTS) is 1. The summed E-state index contributed by atoms with van der Waals surface area (Å²) in [5.74, 6) is -4.49. The highest BCUT2D eigenvalue weighted by atomic mass is 16.7. The first-order valence-electron chi connectivity index (χ1n) is 20.6. The second-order valence-corrected chi connectivity index (χ2v) is 15.2. The predicted molar refractivity (Wildman–Crippen MR) is 228 cm³/mol. The van der Waals surface area contributed by atoms with E-state index in [1.807, 2.05) is 0 Å². The molecule has 1 saturated heterocycles. The topological polar surface area (TPSA) is 243 Å². The van der Waals surface area contributed by atoms with Crippen LogP contribution in [-0.4, -0.2) is 97.8 Å². The maximum atomic E-state index is 13.6. The molecule has 3 aliphatic rings. The lowest BCUT2D eigenvalue weighted by Crippen LogP contribution is -2.53. The number of unbranched alkanes of at least 4 members (excludes halogenated alkanes) is 1. The van der Waals surface area contributed by atoms with E-state index in [2.05, 4.69) is 67.7 Å². The van der Waals surface area contributed by atoms with Gasteiger partial charge < -0.3 is 50.6 Å². The average molecular weight is 846 g/mol. The standard InChI is InChI=1S/C27H29NO11.C20H30O2/c1-10-22(31)13(28)6-17(38-10)39-15-8-27(36,16(30)9-29)7-12-19(15)26(35)21-20(24(12)33)23(32)11-4-3-5-14(37-2)18(11)25(21)34;1-2-3-4-5-6-7-8-9-10-11-12-13-14-15-16-17-18-19-20(21)22/h3-5,10,13,15,17,22,29,31,33,35-36H,6-9,28H2,1-2H3;3-4,6-7,9-10,12-13,15-16H,2,5,8,11,14,17-19H2,1H3,(H,21,22)/b;4-3-,7-6-,10-9-,13-12-,16-15-/t10-,13-,15-,17-,22+,27-;/m0./s1. The summed E-state index contributed by atoms with van der Waals surface area (Å²) in [5.41, 5.74) is 2.37. The lowest BCUT2D eigenvalue weighted by molar-refractivity contribution is -0.247. The Balaban J connectivity index is 0.000000319.